The molecule has 0 saturated heterocycles. The van der Waals surface area contributed by atoms with Gasteiger partial charge >= 0.3 is 0 Å². The summed E-state index contributed by atoms with van der Waals surface area (Å²) in [6.45, 7) is 6.71. The number of aliphatic hydroxyl groups excluding tert-OH is 1. The first kappa shape index (κ1) is 46.7. The zero-order valence-corrected chi connectivity index (χ0v) is 32.8. The standard InChI is InChI=1S/C43H82N2O3/c1-6-8-10-12-14-16-18-20-22-24-26-28-30-32-34-36-40(47)42(44-38-39-46)43(3,45(4)5)41(48)37-35-33-31-29-27-25-23-21-19-17-15-13-11-9-7-2/h20-23,42,44,46H,6-19,24-39H2,1-5H3. The van der Waals surface area contributed by atoms with Crippen molar-refractivity contribution in [2.24, 2.45) is 0 Å². The summed E-state index contributed by atoms with van der Waals surface area (Å²) in [5.74, 6) is 0.216. The van der Waals surface area contributed by atoms with Crippen LogP contribution in [0.25, 0.3) is 0 Å². The molecule has 0 aromatic heterocycles. The molecule has 0 spiro atoms. The van der Waals surface area contributed by atoms with Gasteiger partial charge in [-0.1, -0.05) is 141 Å². The van der Waals surface area contributed by atoms with E-state index in [1.165, 1.54) is 116 Å². The van der Waals surface area contributed by atoms with Gasteiger partial charge < -0.3 is 10.4 Å². The molecule has 0 aliphatic rings. The highest BCUT2D eigenvalue weighted by molar-refractivity contribution is 5.97. The number of hydrogen-bond donors (Lipinski definition) is 2. The van der Waals surface area contributed by atoms with E-state index in [0.29, 0.717) is 19.4 Å². The third-order valence-electron chi connectivity index (χ3n) is 10.2. The van der Waals surface area contributed by atoms with Crippen LogP contribution in [0.15, 0.2) is 24.3 Å². The van der Waals surface area contributed by atoms with Crippen molar-refractivity contribution >= 4 is 11.6 Å². The molecule has 0 bridgehead atoms. The second kappa shape index (κ2) is 34.2. The van der Waals surface area contributed by atoms with Crippen LogP contribution >= 0.6 is 0 Å². The van der Waals surface area contributed by atoms with Crippen LogP contribution < -0.4 is 5.32 Å². The van der Waals surface area contributed by atoms with Crippen LogP contribution in [0, 0.1) is 0 Å². The fourth-order valence-electron chi connectivity index (χ4n) is 6.63. The van der Waals surface area contributed by atoms with Crippen LogP contribution in [0.2, 0.25) is 0 Å². The van der Waals surface area contributed by atoms with E-state index in [4.69, 9.17) is 0 Å². The van der Waals surface area contributed by atoms with Gasteiger partial charge in [-0.2, -0.15) is 0 Å². The smallest absolute Gasteiger partial charge is 0.154 e. The Morgan fingerprint density at radius 3 is 1.31 bits per heavy atom. The van der Waals surface area contributed by atoms with Gasteiger partial charge in [0.2, 0.25) is 0 Å². The van der Waals surface area contributed by atoms with Gasteiger partial charge in [0.15, 0.2) is 11.6 Å². The highest BCUT2D eigenvalue weighted by atomic mass is 16.3. The molecule has 2 atom stereocenters. The van der Waals surface area contributed by atoms with Crippen LogP contribution in [0.5, 0.6) is 0 Å². The Morgan fingerprint density at radius 2 is 0.938 bits per heavy atom. The molecule has 0 radical (unpaired) electrons. The first-order chi connectivity index (χ1) is 23.4. The van der Waals surface area contributed by atoms with E-state index in [-0.39, 0.29) is 18.2 Å². The SMILES string of the molecule is CCCCCCCCC=CCCCCCCCC(=O)C(NCCO)C(C)(C(=O)CCCCCCCC=CCCCCCCCC)N(C)C. The highest BCUT2D eigenvalue weighted by Gasteiger charge is 2.45. The second-order valence-corrected chi connectivity index (χ2v) is 14.7. The average molecular weight is 675 g/mol. The number of rotatable bonds is 37. The number of nitrogens with one attached hydrogen (secondary N) is 1. The fraction of sp³-hybridized carbons (Fsp3) is 0.860. The zero-order chi connectivity index (χ0) is 35.6. The van der Waals surface area contributed by atoms with E-state index in [2.05, 4.69) is 43.5 Å². The number of Topliss-reactive ketones (excluding diaryl/α,β-unsaturated/α-hetero) is 2. The van der Waals surface area contributed by atoms with E-state index in [9.17, 15) is 14.7 Å². The molecule has 2 N–H and O–H groups in total. The number of nitrogens with zero attached hydrogens (tertiary/aromatic N) is 1. The molecule has 0 fully saturated rings. The third kappa shape index (κ3) is 24.8. The largest absolute Gasteiger partial charge is 0.395 e. The van der Waals surface area contributed by atoms with Gasteiger partial charge in [0.25, 0.3) is 0 Å². The summed E-state index contributed by atoms with van der Waals surface area (Å²) in [5, 5.41) is 12.8. The van der Waals surface area contributed by atoms with Crippen molar-refractivity contribution in [3.8, 4) is 0 Å². The van der Waals surface area contributed by atoms with Gasteiger partial charge in [0.05, 0.1) is 18.2 Å². The molecular formula is C43H82N2O3. The highest BCUT2D eigenvalue weighted by Crippen LogP contribution is 2.25. The lowest BCUT2D eigenvalue weighted by molar-refractivity contribution is -0.137. The number of carbonyl (C=O) groups is 2. The van der Waals surface area contributed by atoms with E-state index in [0.717, 1.165) is 51.4 Å². The van der Waals surface area contributed by atoms with Gasteiger partial charge in [-0.3, -0.25) is 14.5 Å². The lowest BCUT2D eigenvalue weighted by Gasteiger charge is -2.41. The summed E-state index contributed by atoms with van der Waals surface area (Å²) < 4.78 is 0. The molecule has 0 saturated carbocycles. The molecule has 2 unspecified atom stereocenters. The van der Waals surface area contributed by atoms with Crippen LogP contribution in [0.1, 0.15) is 201 Å². The van der Waals surface area contributed by atoms with Gasteiger partial charge in [-0.15, -0.1) is 0 Å². The van der Waals surface area contributed by atoms with E-state index < -0.39 is 11.6 Å². The first-order valence-corrected chi connectivity index (χ1v) is 20.7. The maximum Gasteiger partial charge on any atom is 0.154 e. The molecular weight excluding hydrogens is 592 g/mol. The van der Waals surface area contributed by atoms with Crippen molar-refractivity contribution in [3.63, 3.8) is 0 Å². The molecule has 0 aromatic rings. The van der Waals surface area contributed by atoms with E-state index in [1.54, 1.807) is 0 Å². The maximum atomic E-state index is 13.7. The third-order valence-corrected chi connectivity index (χ3v) is 10.2. The number of aliphatic hydroxyl groups is 1. The number of carbonyl (C=O) groups excluding carboxylic acids is 2. The monoisotopic (exact) mass is 675 g/mol. The minimum atomic E-state index is -0.922. The molecule has 0 aromatic carbocycles. The van der Waals surface area contributed by atoms with Gasteiger partial charge in [-0.25, -0.2) is 0 Å². The molecule has 5 nitrogen and oxygen atoms in total. The van der Waals surface area contributed by atoms with Gasteiger partial charge in [0, 0.05) is 19.4 Å². The van der Waals surface area contributed by atoms with Crippen molar-refractivity contribution in [3.05, 3.63) is 24.3 Å². The number of unbranched alkanes of at least 4 members (excludes halogenated alkanes) is 22. The summed E-state index contributed by atoms with van der Waals surface area (Å²) in [4.78, 5) is 29.1. The summed E-state index contributed by atoms with van der Waals surface area (Å²) in [5.41, 5.74) is -0.922. The lowest BCUT2D eigenvalue weighted by Crippen LogP contribution is -2.65. The Kier molecular flexibility index (Phi) is 33.2. The van der Waals surface area contributed by atoms with Gasteiger partial charge in [0.1, 0.15) is 0 Å². The molecule has 5 heteroatoms. The molecule has 0 aliphatic carbocycles. The Morgan fingerprint density at radius 1 is 0.583 bits per heavy atom. The van der Waals surface area contributed by atoms with E-state index in [1.807, 2.05) is 25.9 Å². The summed E-state index contributed by atoms with van der Waals surface area (Å²) in [7, 11) is 3.81. The first-order valence-electron chi connectivity index (χ1n) is 20.7. The van der Waals surface area contributed by atoms with Crippen LogP contribution in [0.3, 0.4) is 0 Å². The quantitative estimate of drug-likeness (QED) is 0.0507. The number of hydrogen-bond acceptors (Lipinski definition) is 5. The topological polar surface area (TPSA) is 69.6 Å². The van der Waals surface area contributed by atoms with Crippen molar-refractivity contribution in [2.45, 2.75) is 212 Å². The van der Waals surface area contributed by atoms with Crippen molar-refractivity contribution < 1.29 is 14.7 Å². The average Bonchev–Trinajstić information content (AvgIpc) is 3.07. The van der Waals surface area contributed by atoms with Crippen molar-refractivity contribution in [1.29, 1.82) is 0 Å². The second-order valence-electron chi connectivity index (χ2n) is 14.7. The fourth-order valence-corrected chi connectivity index (χ4v) is 6.63. The zero-order valence-electron chi connectivity index (χ0n) is 32.8. The summed E-state index contributed by atoms with van der Waals surface area (Å²) in [6, 6.07) is -0.605. The minimum absolute atomic E-state index is 0.0525. The predicted molar refractivity (Wildman–Crippen MR) is 210 cm³/mol. The van der Waals surface area contributed by atoms with E-state index >= 15 is 0 Å². The molecule has 0 amide bonds. The summed E-state index contributed by atoms with van der Waals surface area (Å²) in [6.07, 6.45) is 42.3. The number of ketones is 2. The number of likely N-dealkylation sites (N-methyl/N-ethyl adjacent to an activating group) is 1. The Labute approximate surface area is 299 Å². The molecule has 48 heavy (non-hydrogen) atoms. The molecule has 0 rings (SSSR count). The lowest BCUT2D eigenvalue weighted by atomic mass is 9.80. The van der Waals surface area contributed by atoms with Crippen molar-refractivity contribution in [1.82, 2.24) is 10.2 Å². The minimum Gasteiger partial charge on any atom is -0.395 e. The predicted octanol–water partition coefficient (Wildman–Crippen LogP) is 11.5. The molecule has 0 heterocycles. The maximum absolute atomic E-state index is 13.7. The van der Waals surface area contributed by atoms with Gasteiger partial charge in [-0.05, 0) is 85.2 Å². The summed E-state index contributed by atoms with van der Waals surface area (Å²) >= 11 is 0. The molecule has 282 valence electrons. The Balaban J connectivity index is 4.36. The Hall–Kier alpha value is -1.30. The normalized spacial score (nSPS) is 14.0. The van der Waals surface area contributed by atoms with Crippen LogP contribution in [-0.4, -0.2) is 60.4 Å². The van der Waals surface area contributed by atoms with Crippen LogP contribution in [-0.2, 0) is 9.59 Å². The van der Waals surface area contributed by atoms with Crippen LogP contribution in [0.4, 0.5) is 0 Å². The number of allylic oxidation sites excluding steroid dienone is 4. The molecule has 0 aliphatic heterocycles. The Bertz CT molecular complexity index is 793. The van der Waals surface area contributed by atoms with Crippen molar-refractivity contribution in [2.75, 3.05) is 27.2 Å².